The Morgan fingerprint density at radius 3 is 2.65 bits per heavy atom. The van der Waals surface area contributed by atoms with Crippen molar-refractivity contribution in [1.82, 2.24) is 4.90 Å². The van der Waals surface area contributed by atoms with E-state index in [4.69, 9.17) is 4.74 Å². The van der Waals surface area contributed by atoms with Gasteiger partial charge >= 0.3 is 0 Å². The molecular formula is C14H24N2O. The molecule has 0 aromatic heterocycles. The maximum Gasteiger partial charge on any atom is 0.0713 e. The molecule has 0 radical (unpaired) electrons. The molecule has 0 heterocycles. The third-order valence-electron chi connectivity index (χ3n) is 2.89. The van der Waals surface area contributed by atoms with Crippen molar-refractivity contribution in [2.75, 3.05) is 38.6 Å². The molecule has 0 aliphatic rings. The predicted octanol–water partition coefficient (Wildman–Crippen LogP) is 2.59. The molecule has 0 amide bonds. The minimum Gasteiger partial charge on any atom is -0.384 e. The monoisotopic (exact) mass is 236 g/mol. The Kier molecular flexibility index (Phi) is 6.67. The van der Waals surface area contributed by atoms with Crippen LogP contribution in [0.15, 0.2) is 24.3 Å². The topological polar surface area (TPSA) is 24.5 Å². The molecule has 0 aliphatic heterocycles. The van der Waals surface area contributed by atoms with Crippen LogP contribution in [0, 0.1) is 0 Å². The first kappa shape index (κ1) is 14.0. The Morgan fingerprint density at radius 2 is 2.00 bits per heavy atom. The minimum absolute atomic E-state index is 0.672. The molecule has 1 aromatic rings. The van der Waals surface area contributed by atoms with Crippen LogP contribution in [0.1, 0.15) is 19.4 Å². The van der Waals surface area contributed by atoms with Crippen LogP contribution in [0.5, 0.6) is 0 Å². The second-order valence-corrected chi connectivity index (χ2v) is 4.09. The van der Waals surface area contributed by atoms with Crippen LogP contribution < -0.4 is 5.32 Å². The van der Waals surface area contributed by atoms with Gasteiger partial charge < -0.3 is 15.0 Å². The molecule has 0 aliphatic carbocycles. The number of rotatable bonds is 8. The first-order chi connectivity index (χ1) is 8.30. The molecule has 17 heavy (non-hydrogen) atoms. The molecule has 1 rings (SSSR count). The van der Waals surface area contributed by atoms with Gasteiger partial charge in [0.1, 0.15) is 0 Å². The van der Waals surface area contributed by atoms with Crippen LogP contribution in [0.2, 0.25) is 0 Å². The Morgan fingerprint density at radius 1 is 1.24 bits per heavy atom. The van der Waals surface area contributed by atoms with E-state index in [0.717, 1.165) is 26.2 Å². The highest BCUT2D eigenvalue weighted by Gasteiger charge is 1.99. The van der Waals surface area contributed by atoms with E-state index in [1.54, 1.807) is 7.11 Å². The van der Waals surface area contributed by atoms with Gasteiger partial charge in [-0.2, -0.15) is 0 Å². The van der Waals surface area contributed by atoms with E-state index in [0.29, 0.717) is 6.61 Å². The molecule has 0 saturated heterocycles. The van der Waals surface area contributed by atoms with Crippen molar-refractivity contribution in [3.63, 3.8) is 0 Å². The maximum atomic E-state index is 5.12. The normalized spacial score (nSPS) is 10.8. The lowest BCUT2D eigenvalue weighted by molar-refractivity contribution is 0.185. The average Bonchev–Trinajstić information content (AvgIpc) is 2.36. The van der Waals surface area contributed by atoms with Crippen molar-refractivity contribution < 1.29 is 4.74 Å². The quantitative estimate of drug-likeness (QED) is 0.751. The molecule has 96 valence electrons. The number of nitrogens with one attached hydrogen (secondary N) is 1. The SMILES string of the molecule is CCN(CC)CCNc1cccc(COC)c1. The minimum atomic E-state index is 0.672. The molecule has 3 heteroatoms. The van der Waals surface area contributed by atoms with Gasteiger partial charge in [-0.1, -0.05) is 26.0 Å². The summed E-state index contributed by atoms with van der Waals surface area (Å²) in [5.74, 6) is 0. The van der Waals surface area contributed by atoms with E-state index in [1.165, 1.54) is 11.3 Å². The molecule has 0 fully saturated rings. The highest BCUT2D eigenvalue weighted by Crippen LogP contribution is 2.10. The summed E-state index contributed by atoms with van der Waals surface area (Å²) in [7, 11) is 1.72. The Hall–Kier alpha value is -1.06. The zero-order valence-electron chi connectivity index (χ0n) is 11.2. The van der Waals surface area contributed by atoms with Crippen molar-refractivity contribution in [3.8, 4) is 0 Å². The third kappa shape index (κ3) is 5.20. The van der Waals surface area contributed by atoms with E-state index >= 15 is 0 Å². The van der Waals surface area contributed by atoms with Crippen molar-refractivity contribution in [2.45, 2.75) is 20.5 Å². The summed E-state index contributed by atoms with van der Waals surface area (Å²) in [6, 6.07) is 8.39. The molecule has 0 spiro atoms. The number of hydrogen-bond acceptors (Lipinski definition) is 3. The number of methoxy groups -OCH3 is 1. The van der Waals surface area contributed by atoms with Gasteiger partial charge in [0, 0.05) is 25.9 Å². The van der Waals surface area contributed by atoms with Crippen LogP contribution in [0.3, 0.4) is 0 Å². The molecule has 0 atom stereocenters. The fraction of sp³-hybridized carbons (Fsp3) is 0.571. The average molecular weight is 236 g/mol. The molecule has 1 aromatic carbocycles. The summed E-state index contributed by atoms with van der Waals surface area (Å²) in [4.78, 5) is 2.41. The molecule has 3 nitrogen and oxygen atoms in total. The Bertz CT molecular complexity index is 311. The zero-order chi connectivity index (χ0) is 12.5. The Labute approximate surface area is 105 Å². The van der Waals surface area contributed by atoms with E-state index in [9.17, 15) is 0 Å². The van der Waals surface area contributed by atoms with Gasteiger partial charge in [-0.15, -0.1) is 0 Å². The van der Waals surface area contributed by atoms with E-state index < -0.39 is 0 Å². The predicted molar refractivity (Wildman–Crippen MR) is 73.4 cm³/mol. The van der Waals surface area contributed by atoms with Crippen molar-refractivity contribution in [3.05, 3.63) is 29.8 Å². The fourth-order valence-electron chi connectivity index (χ4n) is 1.84. The van der Waals surface area contributed by atoms with Crippen LogP contribution in [-0.4, -0.2) is 38.2 Å². The molecular weight excluding hydrogens is 212 g/mol. The highest BCUT2D eigenvalue weighted by atomic mass is 16.5. The van der Waals surface area contributed by atoms with Crippen LogP contribution in [0.25, 0.3) is 0 Å². The number of anilines is 1. The Balaban J connectivity index is 2.38. The number of likely N-dealkylation sites (N-methyl/N-ethyl adjacent to an activating group) is 1. The molecule has 0 unspecified atom stereocenters. The summed E-state index contributed by atoms with van der Waals surface area (Å²) < 4.78 is 5.12. The summed E-state index contributed by atoms with van der Waals surface area (Å²) >= 11 is 0. The van der Waals surface area contributed by atoms with E-state index in [-0.39, 0.29) is 0 Å². The summed E-state index contributed by atoms with van der Waals surface area (Å²) in [6.45, 7) is 9.36. The van der Waals surface area contributed by atoms with Crippen molar-refractivity contribution in [1.29, 1.82) is 0 Å². The van der Waals surface area contributed by atoms with Gasteiger partial charge in [0.25, 0.3) is 0 Å². The summed E-state index contributed by atoms with van der Waals surface area (Å²) in [5, 5.41) is 3.45. The van der Waals surface area contributed by atoms with Gasteiger partial charge in [0.15, 0.2) is 0 Å². The van der Waals surface area contributed by atoms with E-state index in [1.807, 2.05) is 0 Å². The van der Waals surface area contributed by atoms with Gasteiger partial charge in [-0.25, -0.2) is 0 Å². The van der Waals surface area contributed by atoms with Crippen molar-refractivity contribution in [2.24, 2.45) is 0 Å². The number of ether oxygens (including phenoxy) is 1. The lowest BCUT2D eigenvalue weighted by atomic mass is 10.2. The fourth-order valence-corrected chi connectivity index (χ4v) is 1.84. The van der Waals surface area contributed by atoms with Crippen LogP contribution in [-0.2, 0) is 11.3 Å². The van der Waals surface area contributed by atoms with E-state index in [2.05, 4.69) is 48.3 Å². The second-order valence-electron chi connectivity index (χ2n) is 4.09. The standard InChI is InChI=1S/C14H24N2O/c1-4-16(5-2)10-9-15-14-8-6-7-13(11-14)12-17-3/h6-8,11,15H,4-5,9-10,12H2,1-3H3. The second kappa shape index (κ2) is 8.09. The smallest absolute Gasteiger partial charge is 0.0713 e. The first-order valence-corrected chi connectivity index (χ1v) is 6.34. The number of benzene rings is 1. The van der Waals surface area contributed by atoms with Gasteiger partial charge in [0.2, 0.25) is 0 Å². The molecule has 1 N–H and O–H groups in total. The highest BCUT2D eigenvalue weighted by molar-refractivity contribution is 5.45. The molecule has 0 saturated carbocycles. The van der Waals surface area contributed by atoms with Gasteiger partial charge in [-0.3, -0.25) is 0 Å². The summed E-state index contributed by atoms with van der Waals surface area (Å²) in [6.07, 6.45) is 0. The van der Waals surface area contributed by atoms with Gasteiger partial charge in [0.05, 0.1) is 6.61 Å². The summed E-state index contributed by atoms with van der Waals surface area (Å²) in [5.41, 5.74) is 2.38. The van der Waals surface area contributed by atoms with Gasteiger partial charge in [-0.05, 0) is 30.8 Å². The number of nitrogens with zero attached hydrogens (tertiary/aromatic N) is 1. The lowest BCUT2D eigenvalue weighted by Crippen LogP contribution is -2.28. The third-order valence-corrected chi connectivity index (χ3v) is 2.89. The van der Waals surface area contributed by atoms with Crippen LogP contribution in [0.4, 0.5) is 5.69 Å². The van der Waals surface area contributed by atoms with Crippen LogP contribution >= 0.6 is 0 Å². The molecule has 0 bridgehead atoms. The zero-order valence-corrected chi connectivity index (χ0v) is 11.2. The maximum absolute atomic E-state index is 5.12. The largest absolute Gasteiger partial charge is 0.384 e. The first-order valence-electron chi connectivity index (χ1n) is 6.34. The van der Waals surface area contributed by atoms with Crippen molar-refractivity contribution >= 4 is 5.69 Å². The lowest BCUT2D eigenvalue weighted by Gasteiger charge is -2.18. The number of hydrogen-bond donors (Lipinski definition) is 1.